The van der Waals surface area contributed by atoms with E-state index in [1.807, 2.05) is 35.0 Å². The van der Waals surface area contributed by atoms with Gasteiger partial charge in [-0.3, -0.25) is 0 Å². The fourth-order valence-corrected chi connectivity index (χ4v) is 3.17. The standard InChI is InChI=1S/C19H18N4O3S/c1-13-2-4-14(5-3-13)18-12-17(19-21-10-11-24-19)22-23(18)15-6-8-16(9-7-15)27-26-25-20/h2-9,12H,10-11,20H2,1H3. The Balaban J connectivity index is 1.74. The first kappa shape index (κ1) is 17.7. The molecule has 2 N–H and O–H groups in total. The molecule has 1 aromatic heterocycles. The van der Waals surface area contributed by atoms with Crippen LogP contribution in [0.25, 0.3) is 16.9 Å². The summed E-state index contributed by atoms with van der Waals surface area (Å²) < 4.78 is 12.2. The van der Waals surface area contributed by atoms with Gasteiger partial charge in [0.1, 0.15) is 12.3 Å². The molecule has 0 radical (unpaired) electrons. The third-order valence-electron chi connectivity index (χ3n) is 4.11. The van der Waals surface area contributed by atoms with Gasteiger partial charge in [0.25, 0.3) is 0 Å². The minimum atomic E-state index is 0.586. The zero-order valence-electron chi connectivity index (χ0n) is 14.7. The van der Waals surface area contributed by atoms with Crippen LogP contribution in [0.2, 0.25) is 0 Å². The van der Waals surface area contributed by atoms with Crippen molar-refractivity contribution in [1.82, 2.24) is 9.78 Å². The molecular formula is C19H18N4O3S. The van der Waals surface area contributed by atoms with E-state index in [0.29, 0.717) is 19.0 Å². The lowest BCUT2D eigenvalue weighted by molar-refractivity contribution is -0.195. The number of aliphatic imine (C=N–C) groups is 1. The molecule has 7 nitrogen and oxygen atoms in total. The van der Waals surface area contributed by atoms with E-state index in [2.05, 4.69) is 45.5 Å². The average molecular weight is 382 g/mol. The van der Waals surface area contributed by atoms with Crippen molar-refractivity contribution >= 4 is 17.9 Å². The number of nitrogens with zero attached hydrogens (tertiary/aromatic N) is 3. The number of hydrogen-bond donors (Lipinski definition) is 1. The Hall–Kier alpha value is -2.65. The Morgan fingerprint density at radius 1 is 1.11 bits per heavy atom. The van der Waals surface area contributed by atoms with Crippen LogP contribution < -0.4 is 5.90 Å². The van der Waals surface area contributed by atoms with Gasteiger partial charge in [0.05, 0.1) is 30.0 Å². The van der Waals surface area contributed by atoms with Crippen molar-refractivity contribution in [3.63, 3.8) is 0 Å². The summed E-state index contributed by atoms with van der Waals surface area (Å²) in [7, 11) is 0. The molecule has 0 amide bonds. The first-order valence-electron chi connectivity index (χ1n) is 8.40. The second-order valence-electron chi connectivity index (χ2n) is 5.97. The molecule has 0 bridgehead atoms. The van der Waals surface area contributed by atoms with Crippen LogP contribution in [0.15, 0.2) is 64.5 Å². The molecule has 2 heterocycles. The number of aromatic nitrogens is 2. The molecule has 4 rings (SSSR count). The van der Waals surface area contributed by atoms with E-state index >= 15 is 0 Å². The van der Waals surface area contributed by atoms with Crippen LogP contribution in [-0.4, -0.2) is 28.8 Å². The van der Waals surface area contributed by atoms with Crippen molar-refractivity contribution in [2.24, 2.45) is 10.9 Å². The minimum absolute atomic E-state index is 0.586. The molecule has 8 heteroatoms. The Bertz CT molecular complexity index is 952. The summed E-state index contributed by atoms with van der Waals surface area (Å²) in [6.45, 7) is 3.32. The minimum Gasteiger partial charge on any atom is -0.474 e. The Kier molecular flexibility index (Phi) is 5.21. The van der Waals surface area contributed by atoms with Gasteiger partial charge < -0.3 is 4.74 Å². The molecule has 0 saturated carbocycles. The lowest BCUT2D eigenvalue weighted by atomic mass is 10.1. The van der Waals surface area contributed by atoms with E-state index in [1.165, 1.54) is 5.56 Å². The molecule has 3 aromatic rings. The average Bonchev–Trinajstić information content (AvgIpc) is 3.37. The summed E-state index contributed by atoms with van der Waals surface area (Å²) in [5, 5.41) is 4.73. The van der Waals surface area contributed by atoms with Crippen molar-refractivity contribution in [3.05, 3.63) is 65.9 Å². The molecule has 0 unspecified atom stereocenters. The van der Waals surface area contributed by atoms with Crippen LogP contribution in [0.1, 0.15) is 11.3 Å². The molecule has 27 heavy (non-hydrogen) atoms. The molecule has 0 spiro atoms. The quantitative estimate of drug-likeness (QED) is 0.399. The first-order chi connectivity index (χ1) is 13.2. The van der Waals surface area contributed by atoms with E-state index in [-0.39, 0.29) is 0 Å². The molecule has 0 saturated heterocycles. The van der Waals surface area contributed by atoms with Crippen LogP contribution in [0.4, 0.5) is 0 Å². The van der Waals surface area contributed by atoms with Gasteiger partial charge in [-0.25, -0.2) is 9.67 Å². The zero-order chi connectivity index (χ0) is 18.6. The lowest BCUT2D eigenvalue weighted by Gasteiger charge is -2.08. The van der Waals surface area contributed by atoms with Gasteiger partial charge >= 0.3 is 0 Å². The largest absolute Gasteiger partial charge is 0.474 e. The number of rotatable bonds is 6. The summed E-state index contributed by atoms with van der Waals surface area (Å²) in [6.07, 6.45) is 0. The fraction of sp³-hybridized carbons (Fsp3) is 0.158. The number of nitrogens with two attached hydrogens (primary N) is 1. The van der Waals surface area contributed by atoms with Gasteiger partial charge in [0.15, 0.2) is 0 Å². The van der Waals surface area contributed by atoms with E-state index < -0.39 is 0 Å². The molecule has 1 aliphatic heterocycles. The molecule has 0 aliphatic carbocycles. The van der Waals surface area contributed by atoms with Gasteiger partial charge in [-0.05, 0) is 37.3 Å². The summed E-state index contributed by atoms with van der Waals surface area (Å²) >= 11 is 1.04. The third kappa shape index (κ3) is 3.88. The highest BCUT2D eigenvalue weighted by atomic mass is 32.2. The highest BCUT2D eigenvalue weighted by Gasteiger charge is 2.18. The topological polar surface area (TPSA) is 83.9 Å². The van der Waals surface area contributed by atoms with E-state index in [4.69, 9.17) is 15.7 Å². The second-order valence-corrected chi connectivity index (χ2v) is 6.74. The summed E-state index contributed by atoms with van der Waals surface area (Å²) in [4.78, 5) is 9.37. The van der Waals surface area contributed by atoms with Gasteiger partial charge in [0.2, 0.25) is 5.90 Å². The Labute approximate surface area is 160 Å². The van der Waals surface area contributed by atoms with Crippen LogP contribution >= 0.6 is 12.0 Å². The van der Waals surface area contributed by atoms with Gasteiger partial charge in [-0.15, -0.1) is 9.32 Å². The Morgan fingerprint density at radius 2 is 1.89 bits per heavy atom. The maximum absolute atomic E-state index is 5.59. The predicted molar refractivity (Wildman–Crippen MR) is 103 cm³/mol. The van der Waals surface area contributed by atoms with Crippen molar-refractivity contribution < 1.29 is 14.1 Å². The van der Waals surface area contributed by atoms with Crippen LogP contribution in [0.3, 0.4) is 0 Å². The monoisotopic (exact) mass is 382 g/mol. The zero-order valence-corrected chi connectivity index (χ0v) is 15.5. The lowest BCUT2D eigenvalue weighted by Crippen LogP contribution is -2.04. The number of benzene rings is 2. The van der Waals surface area contributed by atoms with Crippen LogP contribution in [0, 0.1) is 6.92 Å². The predicted octanol–water partition coefficient (Wildman–Crippen LogP) is 3.45. The van der Waals surface area contributed by atoms with Crippen LogP contribution in [-0.2, 0) is 14.1 Å². The summed E-state index contributed by atoms with van der Waals surface area (Å²) in [5.41, 5.74) is 4.87. The maximum Gasteiger partial charge on any atom is 0.237 e. The van der Waals surface area contributed by atoms with Crippen LogP contribution in [0.5, 0.6) is 0 Å². The molecule has 2 aromatic carbocycles. The normalized spacial score (nSPS) is 13.5. The first-order valence-corrected chi connectivity index (χ1v) is 9.14. The number of aryl methyl sites for hydroxylation is 1. The van der Waals surface area contributed by atoms with Crippen molar-refractivity contribution in [2.75, 3.05) is 13.2 Å². The van der Waals surface area contributed by atoms with Crippen molar-refractivity contribution in [1.29, 1.82) is 0 Å². The molecular weight excluding hydrogens is 364 g/mol. The van der Waals surface area contributed by atoms with Gasteiger partial charge in [-0.1, -0.05) is 29.8 Å². The second kappa shape index (κ2) is 7.93. The fourth-order valence-electron chi connectivity index (χ4n) is 2.80. The van der Waals surface area contributed by atoms with Gasteiger partial charge in [0, 0.05) is 10.5 Å². The van der Waals surface area contributed by atoms with E-state index in [0.717, 1.165) is 39.6 Å². The summed E-state index contributed by atoms with van der Waals surface area (Å²) in [6, 6.07) is 18.1. The van der Waals surface area contributed by atoms with Crippen molar-refractivity contribution in [2.45, 2.75) is 11.8 Å². The SMILES string of the molecule is Cc1ccc(-c2cc(C3=NCCO3)nn2-c2ccc(SOON)cc2)cc1. The number of hydrogen-bond acceptors (Lipinski definition) is 7. The highest BCUT2D eigenvalue weighted by molar-refractivity contribution is 7.94. The number of ether oxygens (including phenoxy) is 1. The van der Waals surface area contributed by atoms with E-state index in [1.54, 1.807) is 0 Å². The smallest absolute Gasteiger partial charge is 0.237 e. The molecule has 0 atom stereocenters. The molecule has 138 valence electrons. The van der Waals surface area contributed by atoms with Crippen molar-refractivity contribution in [3.8, 4) is 16.9 Å². The highest BCUT2D eigenvalue weighted by Crippen LogP contribution is 2.27. The third-order valence-corrected chi connectivity index (χ3v) is 4.72. The van der Waals surface area contributed by atoms with Gasteiger partial charge in [-0.2, -0.15) is 11.0 Å². The Morgan fingerprint density at radius 3 is 2.56 bits per heavy atom. The molecule has 0 fully saturated rings. The van der Waals surface area contributed by atoms with E-state index in [9.17, 15) is 0 Å². The summed E-state index contributed by atoms with van der Waals surface area (Å²) in [5.74, 6) is 5.46. The molecule has 1 aliphatic rings. The maximum atomic E-state index is 5.59.